The van der Waals surface area contributed by atoms with E-state index in [9.17, 15) is 4.79 Å². The number of esters is 1. The molecule has 82 valence electrons. The van der Waals surface area contributed by atoms with Gasteiger partial charge >= 0.3 is 5.97 Å². The summed E-state index contributed by atoms with van der Waals surface area (Å²) < 4.78 is 4.54. The van der Waals surface area contributed by atoms with Crippen molar-refractivity contribution in [2.75, 3.05) is 7.11 Å². The van der Waals surface area contributed by atoms with E-state index in [-0.39, 0.29) is 12.0 Å². The van der Waals surface area contributed by atoms with Gasteiger partial charge in [-0.15, -0.1) is 0 Å². The van der Waals surface area contributed by atoms with Crippen molar-refractivity contribution >= 4 is 17.6 Å². The van der Waals surface area contributed by atoms with Crippen LogP contribution in [0.5, 0.6) is 0 Å². The molecule has 0 amide bonds. The zero-order valence-corrected chi connectivity index (χ0v) is 9.33. The number of benzene rings is 1. The zero-order valence-electron chi connectivity index (χ0n) is 8.57. The van der Waals surface area contributed by atoms with Gasteiger partial charge in [-0.05, 0) is 18.1 Å². The molecule has 1 aromatic rings. The lowest BCUT2D eigenvalue weighted by Crippen LogP contribution is -2.13. The molecule has 1 unspecified atom stereocenters. The van der Waals surface area contributed by atoms with Gasteiger partial charge in [0.15, 0.2) is 0 Å². The molecule has 0 fully saturated rings. The molecule has 0 saturated carbocycles. The van der Waals surface area contributed by atoms with Crippen LogP contribution in [0.25, 0.3) is 0 Å². The summed E-state index contributed by atoms with van der Waals surface area (Å²) in [6, 6.07) is 7.15. The summed E-state index contributed by atoms with van der Waals surface area (Å²) in [7, 11) is 1.36. The van der Waals surface area contributed by atoms with Crippen LogP contribution in [0.4, 0.5) is 0 Å². The first-order valence-corrected chi connectivity index (χ1v) is 5.09. The second-order valence-electron chi connectivity index (χ2n) is 3.24. The van der Waals surface area contributed by atoms with E-state index in [0.29, 0.717) is 17.9 Å². The molecular formula is C11H14ClNO2. The van der Waals surface area contributed by atoms with Gasteiger partial charge < -0.3 is 10.5 Å². The summed E-state index contributed by atoms with van der Waals surface area (Å²) in [6.07, 6.45) is 0.847. The van der Waals surface area contributed by atoms with Gasteiger partial charge in [-0.2, -0.15) is 0 Å². The molecule has 0 aliphatic carbocycles. The van der Waals surface area contributed by atoms with Crippen molar-refractivity contribution in [3.8, 4) is 0 Å². The van der Waals surface area contributed by atoms with E-state index >= 15 is 0 Å². The molecule has 1 rings (SSSR count). The van der Waals surface area contributed by atoms with Crippen molar-refractivity contribution in [2.24, 2.45) is 5.73 Å². The zero-order chi connectivity index (χ0) is 11.3. The van der Waals surface area contributed by atoms with Gasteiger partial charge in [0.05, 0.1) is 7.11 Å². The van der Waals surface area contributed by atoms with Crippen LogP contribution in [0, 0.1) is 0 Å². The lowest BCUT2D eigenvalue weighted by Gasteiger charge is -2.12. The smallest absolute Gasteiger partial charge is 0.305 e. The highest BCUT2D eigenvalue weighted by Crippen LogP contribution is 2.23. The average Bonchev–Trinajstić information content (AvgIpc) is 2.26. The Morgan fingerprint density at radius 1 is 1.53 bits per heavy atom. The van der Waals surface area contributed by atoms with Crippen LogP contribution in [0.15, 0.2) is 24.3 Å². The highest BCUT2D eigenvalue weighted by atomic mass is 35.5. The van der Waals surface area contributed by atoms with Gasteiger partial charge in [-0.1, -0.05) is 29.8 Å². The minimum atomic E-state index is -0.252. The largest absolute Gasteiger partial charge is 0.469 e. The Balaban J connectivity index is 2.57. The highest BCUT2D eigenvalue weighted by Gasteiger charge is 2.11. The Morgan fingerprint density at radius 3 is 2.80 bits per heavy atom. The molecule has 0 bridgehead atoms. The average molecular weight is 228 g/mol. The molecule has 0 heterocycles. The fourth-order valence-corrected chi connectivity index (χ4v) is 1.58. The van der Waals surface area contributed by atoms with Crippen molar-refractivity contribution in [1.82, 2.24) is 0 Å². The summed E-state index contributed by atoms with van der Waals surface area (Å²) in [5.74, 6) is -0.252. The molecule has 3 nitrogen and oxygen atoms in total. The number of nitrogens with two attached hydrogens (primary N) is 1. The number of rotatable bonds is 4. The Hall–Kier alpha value is -1.06. The lowest BCUT2D eigenvalue weighted by atomic mass is 10.0. The predicted molar refractivity (Wildman–Crippen MR) is 59.6 cm³/mol. The maximum absolute atomic E-state index is 10.9. The monoisotopic (exact) mass is 227 g/mol. The van der Waals surface area contributed by atoms with Crippen LogP contribution >= 0.6 is 11.6 Å². The van der Waals surface area contributed by atoms with E-state index in [0.717, 1.165) is 5.56 Å². The van der Waals surface area contributed by atoms with Crippen LogP contribution in [-0.4, -0.2) is 13.1 Å². The Bertz CT molecular complexity index is 341. The maximum atomic E-state index is 10.9. The minimum absolute atomic E-state index is 0.224. The normalized spacial score (nSPS) is 12.2. The quantitative estimate of drug-likeness (QED) is 0.803. The van der Waals surface area contributed by atoms with E-state index in [1.807, 2.05) is 18.2 Å². The Labute approximate surface area is 94.2 Å². The molecule has 4 heteroatoms. The maximum Gasteiger partial charge on any atom is 0.305 e. The van der Waals surface area contributed by atoms with E-state index in [4.69, 9.17) is 17.3 Å². The third kappa shape index (κ3) is 3.53. The van der Waals surface area contributed by atoms with Crippen molar-refractivity contribution in [1.29, 1.82) is 0 Å². The number of hydrogen-bond donors (Lipinski definition) is 1. The first-order valence-electron chi connectivity index (χ1n) is 4.72. The van der Waals surface area contributed by atoms with Crippen molar-refractivity contribution in [2.45, 2.75) is 18.9 Å². The first-order chi connectivity index (χ1) is 7.15. The molecule has 15 heavy (non-hydrogen) atoms. The summed E-state index contributed by atoms with van der Waals surface area (Å²) in [6.45, 7) is 0. The number of hydrogen-bond acceptors (Lipinski definition) is 3. The van der Waals surface area contributed by atoms with Crippen LogP contribution in [0.3, 0.4) is 0 Å². The van der Waals surface area contributed by atoms with Crippen molar-refractivity contribution in [3.05, 3.63) is 34.9 Å². The molecule has 2 N–H and O–H groups in total. The lowest BCUT2D eigenvalue weighted by molar-refractivity contribution is -0.140. The molecule has 0 aliphatic heterocycles. The Morgan fingerprint density at radius 2 is 2.20 bits per heavy atom. The van der Waals surface area contributed by atoms with E-state index in [2.05, 4.69) is 4.74 Å². The van der Waals surface area contributed by atoms with Crippen LogP contribution in [0.1, 0.15) is 24.4 Å². The SMILES string of the molecule is COC(=O)CCC(N)c1ccccc1Cl. The molecule has 0 aromatic heterocycles. The highest BCUT2D eigenvalue weighted by molar-refractivity contribution is 6.31. The fourth-order valence-electron chi connectivity index (χ4n) is 1.31. The van der Waals surface area contributed by atoms with Crippen molar-refractivity contribution in [3.63, 3.8) is 0 Å². The van der Waals surface area contributed by atoms with Crippen molar-refractivity contribution < 1.29 is 9.53 Å². The second-order valence-corrected chi connectivity index (χ2v) is 3.65. The summed E-state index contributed by atoms with van der Waals surface area (Å²) in [5, 5.41) is 0.634. The van der Waals surface area contributed by atoms with E-state index in [1.165, 1.54) is 7.11 Å². The van der Waals surface area contributed by atoms with Gasteiger partial charge in [-0.3, -0.25) is 4.79 Å². The number of carbonyl (C=O) groups excluding carboxylic acids is 1. The predicted octanol–water partition coefficient (Wildman–Crippen LogP) is 2.29. The van der Waals surface area contributed by atoms with Gasteiger partial charge in [0.1, 0.15) is 0 Å². The van der Waals surface area contributed by atoms with Gasteiger partial charge in [-0.25, -0.2) is 0 Å². The first kappa shape index (κ1) is 12.0. The standard InChI is InChI=1S/C11H14ClNO2/c1-15-11(14)7-6-10(13)8-4-2-3-5-9(8)12/h2-5,10H,6-7,13H2,1H3. The molecule has 0 radical (unpaired) electrons. The molecule has 1 atom stereocenters. The fraction of sp³-hybridized carbons (Fsp3) is 0.364. The molecule has 0 aliphatic rings. The third-order valence-corrected chi connectivity index (χ3v) is 2.54. The van der Waals surface area contributed by atoms with E-state index < -0.39 is 0 Å². The summed E-state index contributed by atoms with van der Waals surface area (Å²) >= 11 is 5.97. The summed E-state index contributed by atoms with van der Waals surface area (Å²) in [4.78, 5) is 10.9. The molecule has 1 aromatic carbocycles. The number of halogens is 1. The number of ether oxygens (including phenoxy) is 1. The minimum Gasteiger partial charge on any atom is -0.469 e. The number of carbonyl (C=O) groups is 1. The van der Waals surface area contributed by atoms with Gasteiger partial charge in [0.25, 0.3) is 0 Å². The molecule has 0 saturated heterocycles. The van der Waals surface area contributed by atoms with E-state index in [1.54, 1.807) is 6.07 Å². The molecule has 0 spiro atoms. The van der Waals surface area contributed by atoms with Gasteiger partial charge in [0.2, 0.25) is 0 Å². The van der Waals surface area contributed by atoms with Crippen LogP contribution in [0.2, 0.25) is 5.02 Å². The topological polar surface area (TPSA) is 52.3 Å². The van der Waals surface area contributed by atoms with Crippen LogP contribution in [-0.2, 0) is 9.53 Å². The van der Waals surface area contributed by atoms with Crippen LogP contribution < -0.4 is 5.73 Å². The molecular weight excluding hydrogens is 214 g/mol. The second kappa shape index (κ2) is 5.73. The number of methoxy groups -OCH3 is 1. The summed E-state index contributed by atoms with van der Waals surface area (Å²) in [5.41, 5.74) is 6.77. The third-order valence-electron chi connectivity index (χ3n) is 2.19. The van der Waals surface area contributed by atoms with Gasteiger partial charge in [0, 0.05) is 17.5 Å². The Kier molecular flexibility index (Phi) is 4.59.